The van der Waals surface area contributed by atoms with Crippen LogP contribution in [0.5, 0.6) is 0 Å². The molecule has 20 heavy (non-hydrogen) atoms. The van der Waals surface area contributed by atoms with Crippen LogP contribution in [-0.4, -0.2) is 16.5 Å². The molecule has 3 nitrogen and oxygen atoms in total. The third kappa shape index (κ3) is 2.67. The number of rotatable bonds is 3. The molecule has 0 radical (unpaired) electrons. The lowest BCUT2D eigenvalue weighted by Gasteiger charge is -2.34. The van der Waals surface area contributed by atoms with Gasteiger partial charge in [-0.3, -0.25) is 0 Å². The van der Waals surface area contributed by atoms with E-state index in [0.717, 1.165) is 28.7 Å². The predicted octanol–water partition coefficient (Wildman–Crippen LogP) is 4.20. The van der Waals surface area contributed by atoms with Crippen molar-refractivity contribution in [1.82, 2.24) is 15.3 Å². The van der Waals surface area contributed by atoms with Gasteiger partial charge in [-0.1, -0.05) is 20.8 Å². The first kappa shape index (κ1) is 14.2. The third-order valence-electron chi connectivity index (χ3n) is 3.70. The van der Waals surface area contributed by atoms with Gasteiger partial charge >= 0.3 is 0 Å². The molecule has 108 valence electrons. The molecule has 1 N–H and O–H groups in total. The van der Waals surface area contributed by atoms with Crippen LogP contribution in [0, 0.1) is 12.3 Å². The SMILES string of the molecule is CCNC1CC(C)(C)Cc2nc(-c3nc(C)cs3)sc21. The second kappa shape index (κ2) is 5.20. The average Bonchev–Trinajstić information content (AvgIpc) is 2.94. The largest absolute Gasteiger partial charge is 0.309 e. The summed E-state index contributed by atoms with van der Waals surface area (Å²) in [4.78, 5) is 10.9. The lowest BCUT2D eigenvalue weighted by Crippen LogP contribution is -2.32. The van der Waals surface area contributed by atoms with Crippen molar-refractivity contribution in [2.45, 2.75) is 46.6 Å². The Morgan fingerprint density at radius 3 is 2.80 bits per heavy atom. The molecule has 2 heterocycles. The minimum Gasteiger partial charge on any atom is -0.309 e. The Kier molecular flexibility index (Phi) is 3.69. The minimum atomic E-state index is 0.323. The maximum absolute atomic E-state index is 4.89. The molecule has 5 heteroatoms. The number of fused-ring (bicyclic) bond motifs is 1. The highest BCUT2D eigenvalue weighted by Gasteiger charge is 2.35. The molecule has 1 aliphatic rings. The van der Waals surface area contributed by atoms with Crippen LogP contribution in [0.3, 0.4) is 0 Å². The van der Waals surface area contributed by atoms with E-state index >= 15 is 0 Å². The Morgan fingerprint density at radius 2 is 2.15 bits per heavy atom. The second-order valence-corrected chi connectivity index (χ2v) is 8.17. The van der Waals surface area contributed by atoms with Crippen molar-refractivity contribution < 1.29 is 0 Å². The summed E-state index contributed by atoms with van der Waals surface area (Å²) in [5, 5.41) is 7.87. The number of hydrogen-bond donors (Lipinski definition) is 1. The van der Waals surface area contributed by atoms with Crippen molar-refractivity contribution in [3.8, 4) is 10.0 Å². The molecular formula is C15H21N3S2. The Balaban J connectivity index is 1.99. The molecule has 0 fully saturated rings. The number of thiazole rings is 2. The molecule has 0 aromatic carbocycles. The van der Waals surface area contributed by atoms with Crippen LogP contribution >= 0.6 is 22.7 Å². The average molecular weight is 307 g/mol. The molecule has 0 aliphatic heterocycles. The molecule has 1 atom stereocenters. The van der Waals surface area contributed by atoms with E-state index in [-0.39, 0.29) is 0 Å². The van der Waals surface area contributed by atoms with Gasteiger partial charge in [0.1, 0.15) is 0 Å². The Morgan fingerprint density at radius 1 is 1.35 bits per heavy atom. The summed E-state index contributed by atoms with van der Waals surface area (Å²) in [7, 11) is 0. The van der Waals surface area contributed by atoms with Gasteiger partial charge in [-0.05, 0) is 31.7 Å². The molecule has 1 aliphatic carbocycles. The maximum atomic E-state index is 4.89. The Labute approximate surface area is 128 Å². The fourth-order valence-electron chi connectivity index (χ4n) is 2.89. The smallest absolute Gasteiger partial charge is 0.152 e. The number of aromatic nitrogens is 2. The molecule has 1 unspecified atom stereocenters. The number of hydrogen-bond acceptors (Lipinski definition) is 5. The van der Waals surface area contributed by atoms with Gasteiger partial charge in [-0.25, -0.2) is 9.97 Å². The fraction of sp³-hybridized carbons (Fsp3) is 0.600. The molecular weight excluding hydrogens is 286 g/mol. The molecule has 3 rings (SSSR count). The van der Waals surface area contributed by atoms with E-state index in [1.165, 1.54) is 17.0 Å². The van der Waals surface area contributed by atoms with Crippen molar-refractivity contribution in [3.63, 3.8) is 0 Å². The monoisotopic (exact) mass is 307 g/mol. The Bertz CT molecular complexity index is 612. The van der Waals surface area contributed by atoms with E-state index in [1.54, 1.807) is 11.3 Å². The molecule has 2 aromatic rings. The van der Waals surface area contributed by atoms with Crippen LogP contribution in [0.25, 0.3) is 10.0 Å². The zero-order valence-corrected chi connectivity index (χ0v) is 14.1. The van der Waals surface area contributed by atoms with Gasteiger partial charge in [0, 0.05) is 22.0 Å². The van der Waals surface area contributed by atoms with Gasteiger partial charge < -0.3 is 5.32 Å². The summed E-state index contributed by atoms with van der Waals surface area (Å²) in [6, 6.07) is 0.450. The summed E-state index contributed by atoms with van der Waals surface area (Å²) in [6.45, 7) is 9.90. The topological polar surface area (TPSA) is 37.8 Å². The van der Waals surface area contributed by atoms with Crippen molar-refractivity contribution >= 4 is 22.7 Å². The molecule has 0 bridgehead atoms. The van der Waals surface area contributed by atoms with Gasteiger partial charge in [0.25, 0.3) is 0 Å². The van der Waals surface area contributed by atoms with E-state index in [9.17, 15) is 0 Å². The van der Waals surface area contributed by atoms with Crippen LogP contribution in [0.4, 0.5) is 0 Å². The Hall–Kier alpha value is -0.780. The first-order valence-electron chi connectivity index (χ1n) is 7.14. The lowest BCUT2D eigenvalue weighted by atomic mass is 9.76. The van der Waals surface area contributed by atoms with E-state index in [4.69, 9.17) is 4.98 Å². The zero-order chi connectivity index (χ0) is 14.3. The summed E-state index contributed by atoms with van der Waals surface area (Å²) < 4.78 is 0. The van der Waals surface area contributed by atoms with Crippen molar-refractivity contribution in [2.24, 2.45) is 5.41 Å². The van der Waals surface area contributed by atoms with Crippen molar-refractivity contribution in [2.75, 3.05) is 6.54 Å². The van der Waals surface area contributed by atoms with Gasteiger partial charge in [-0.2, -0.15) is 0 Å². The van der Waals surface area contributed by atoms with E-state index in [0.29, 0.717) is 11.5 Å². The van der Waals surface area contributed by atoms with Crippen molar-refractivity contribution in [1.29, 1.82) is 0 Å². The summed E-state index contributed by atoms with van der Waals surface area (Å²) >= 11 is 3.52. The van der Waals surface area contributed by atoms with E-state index in [1.807, 2.05) is 18.3 Å². The summed E-state index contributed by atoms with van der Waals surface area (Å²) in [6.07, 6.45) is 2.26. The van der Waals surface area contributed by atoms with Crippen LogP contribution in [-0.2, 0) is 6.42 Å². The highest BCUT2D eigenvalue weighted by atomic mass is 32.1. The molecule has 0 spiro atoms. The predicted molar refractivity (Wildman–Crippen MR) is 86.5 cm³/mol. The summed E-state index contributed by atoms with van der Waals surface area (Å²) in [5.74, 6) is 0. The molecule has 0 saturated heterocycles. The highest BCUT2D eigenvalue weighted by molar-refractivity contribution is 7.20. The number of aryl methyl sites for hydroxylation is 1. The van der Waals surface area contributed by atoms with Crippen LogP contribution in [0.2, 0.25) is 0 Å². The lowest BCUT2D eigenvalue weighted by molar-refractivity contribution is 0.260. The number of nitrogens with zero attached hydrogens (tertiary/aromatic N) is 2. The quantitative estimate of drug-likeness (QED) is 0.923. The molecule has 0 amide bonds. The molecule has 0 saturated carbocycles. The zero-order valence-electron chi connectivity index (χ0n) is 12.5. The van der Waals surface area contributed by atoms with Gasteiger partial charge in [-0.15, -0.1) is 22.7 Å². The second-order valence-electron chi connectivity index (χ2n) is 6.28. The van der Waals surface area contributed by atoms with E-state index in [2.05, 4.69) is 36.5 Å². The first-order chi connectivity index (χ1) is 9.48. The first-order valence-corrected chi connectivity index (χ1v) is 8.83. The van der Waals surface area contributed by atoms with Gasteiger partial charge in [0.05, 0.1) is 5.69 Å². The number of nitrogens with one attached hydrogen (secondary N) is 1. The van der Waals surface area contributed by atoms with Gasteiger partial charge in [0.15, 0.2) is 10.0 Å². The standard InChI is InChI=1S/C15H21N3S2/c1-5-16-10-6-15(3,4)7-11-12(10)20-14(18-11)13-17-9(2)8-19-13/h8,10,16H,5-7H2,1-4H3. The molecule has 2 aromatic heterocycles. The highest BCUT2D eigenvalue weighted by Crippen LogP contribution is 2.45. The van der Waals surface area contributed by atoms with Gasteiger partial charge in [0.2, 0.25) is 0 Å². The third-order valence-corrected chi connectivity index (χ3v) is 6.01. The maximum Gasteiger partial charge on any atom is 0.152 e. The fourth-order valence-corrected chi connectivity index (χ4v) is 4.88. The summed E-state index contributed by atoms with van der Waals surface area (Å²) in [5.41, 5.74) is 2.69. The minimum absolute atomic E-state index is 0.323. The van der Waals surface area contributed by atoms with E-state index < -0.39 is 0 Å². The van der Waals surface area contributed by atoms with Crippen LogP contribution in [0.1, 0.15) is 49.5 Å². The normalized spacial score (nSPS) is 20.9. The van der Waals surface area contributed by atoms with Crippen LogP contribution < -0.4 is 5.32 Å². The van der Waals surface area contributed by atoms with Crippen LogP contribution in [0.15, 0.2) is 5.38 Å². The van der Waals surface area contributed by atoms with Crippen molar-refractivity contribution in [3.05, 3.63) is 21.6 Å².